The van der Waals surface area contributed by atoms with Crippen LogP contribution >= 0.6 is 0 Å². The Morgan fingerprint density at radius 2 is 1.36 bits per heavy atom. The van der Waals surface area contributed by atoms with E-state index >= 15 is 0 Å². The minimum absolute atomic E-state index is 0.0879. The lowest BCUT2D eigenvalue weighted by molar-refractivity contribution is -0.457. The van der Waals surface area contributed by atoms with E-state index in [1.54, 1.807) is 0 Å². The van der Waals surface area contributed by atoms with Crippen molar-refractivity contribution in [2.45, 2.75) is 116 Å². The first-order chi connectivity index (χ1) is 10.1. The molecule has 0 aromatic carbocycles. The van der Waals surface area contributed by atoms with Gasteiger partial charge in [-0.25, -0.2) is 0 Å². The lowest BCUT2D eigenvalue weighted by Gasteiger charge is -2.48. The highest BCUT2D eigenvalue weighted by Gasteiger charge is 2.58. The molecular weight excluding hydrogens is 280 g/mol. The zero-order valence-corrected chi connectivity index (χ0v) is 15.6. The molecular formula is C18H36O4. The van der Waals surface area contributed by atoms with Crippen molar-refractivity contribution in [1.82, 2.24) is 0 Å². The highest BCUT2D eigenvalue weighted by Crippen LogP contribution is 2.46. The first kappa shape index (κ1) is 19.9. The van der Waals surface area contributed by atoms with Gasteiger partial charge in [0.1, 0.15) is 5.60 Å². The summed E-state index contributed by atoms with van der Waals surface area (Å²) in [6.45, 7) is 14.1. The Balaban J connectivity index is 3.13. The van der Waals surface area contributed by atoms with E-state index in [0.29, 0.717) is 0 Å². The molecule has 4 heteroatoms. The van der Waals surface area contributed by atoms with E-state index < -0.39 is 11.6 Å². The van der Waals surface area contributed by atoms with Gasteiger partial charge in [0.15, 0.2) is 0 Å². The Hall–Kier alpha value is -0.160. The molecule has 1 rings (SSSR count). The van der Waals surface area contributed by atoms with Gasteiger partial charge in [0.05, 0.1) is 17.8 Å². The summed E-state index contributed by atoms with van der Waals surface area (Å²) in [6.07, 6.45) is 5.01. The summed E-state index contributed by atoms with van der Waals surface area (Å²) in [5.74, 6) is -1.69. The van der Waals surface area contributed by atoms with Crippen LogP contribution in [0.2, 0.25) is 0 Å². The molecule has 1 fully saturated rings. The van der Waals surface area contributed by atoms with Crippen molar-refractivity contribution in [3.63, 3.8) is 0 Å². The van der Waals surface area contributed by atoms with Crippen LogP contribution in [-0.4, -0.2) is 34.5 Å². The molecule has 0 bridgehead atoms. The maximum Gasteiger partial charge on any atom is 0.311 e. The Morgan fingerprint density at radius 3 is 1.68 bits per heavy atom. The second-order valence-corrected chi connectivity index (χ2v) is 7.67. The number of rotatable bonds is 8. The van der Waals surface area contributed by atoms with Gasteiger partial charge in [-0.1, -0.05) is 26.7 Å². The quantitative estimate of drug-likeness (QED) is 0.675. The lowest BCUT2D eigenvalue weighted by atomic mass is 9.96. The molecule has 0 aromatic rings. The fourth-order valence-corrected chi connectivity index (χ4v) is 2.97. The second kappa shape index (κ2) is 7.61. The minimum Gasteiger partial charge on any atom is -0.361 e. The molecule has 0 radical (unpaired) electrons. The van der Waals surface area contributed by atoms with Gasteiger partial charge in [-0.15, -0.1) is 0 Å². The van der Waals surface area contributed by atoms with E-state index in [-0.39, 0.29) is 17.8 Å². The maximum atomic E-state index is 11.4. The van der Waals surface area contributed by atoms with E-state index in [0.717, 1.165) is 38.5 Å². The molecule has 1 N–H and O–H groups in total. The molecule has 0 heterocycles. The third-order valence-electron chi connectivity index (χ3n) is 4.36. The van der Waals surface area contributed by atoms with Crippen molar-refractivity contribution in [3.05, 3.63) is 0 Å². The molecule has 1 aliphatic carbocycles. The molecule has 0 aromatic heterocycles. The number of ether oxygens (including phenoxy) is 3. The van der Waals surface area contributed by atoms with Crippen molar-refractivity contribution >= 4 is 0 Å². The first-order valence-electron chi connectivity index (χ1n) is 8.85. The number of hydrogen-bond acceptors (Lipinski definition) is 4. The predicted octanol–water partition coefficient (Wildman–Crippen LogP) is 4.39. The van der Waals surface area contributed by atoms with E-state index in [4.69, 9.17) is 14.2 Å². The smallest absolute Gasteiger partial charge is 0.311 e. The molecule has 0 saturated heterocycles. The minimum atomic E-state index is -1.69. The predicted molar refractivity (Wildman–Crippen MR) is 88.7 cm³/mol. The lowest BCUT2D eigenvalue weighted by Crippen LogP contribution is -2.62. The third kappa shape index (κ3) is 4.92. The van der Waals surface area contributed by atoms with Crippen LogP contribution in [-0.2, 0) is 14.2 Å². The average molecular weight is 316 g/mol. The average Bonchev–Trinajstić information content (AvgIpc) is 2.86. The summed E-state index contributed by atoms with van der Waals surface area (Å²) in [5, 5.41) is 11.4. The van der Waals surface area contributed by atoms with Gasteiger partial charge in [-0.05, 0) is 60.3 Å². The summed E-state index contributed by atoms with van der Waals surface area (Å²) in [6, 6.07) is 0. The summed E-state index contributed by atoms with van der Waals surface area (Å²) in [5.41, 5.74) is -1.16. The van der Waals surface area contributed by atoms with E-state index in [1.165, 1.54) is 0 Å². The fourth-order valence-electron chi connectivity index (χ4n) is 2.97. The number of aliphatic hydroxyl groups is 1. The summed E-state index contributed by atoms with van der Waals surface area (Å²) < 4.78 is 18.3. The van der Waals surface area contributed by atoms with Crippen LogP contribution in [0, 0.1) is 0 Å². The van der Waals surface area contributed by atoms with Gasteiger partial charge in [-0.2, -0.15) is 0 Å². The molecule has 2 atom stereocenters. The van der Waals surface area contributed by atoms with E-state index in [9.17, 15) is 5.11 Å². The second-order valence-electron chi connectivity index (χ2n) is 7.67. The molecule has 1 aliphatic rings. The molecule has 132 valence electrons. The Kier molecular flexibility index (Phi) is 6.88. The third-order valence-corrected chi connectivity index (χ3v) is 4.36. The van der Waals surface area contributed by atoms with Gasteiger partial charge in [0, 0.05) is 0 Å². The van der Waals surface area contributed by atoms with Crippen molar-refractivity contribution in [2.75, 3.05) is 0 Å². The van der Waals surface area contributed by atoms with Crippen molar-refractivity contribution < 1.29 is 19.3 Å². The van der Waals surface area contributed by atoms with Gasteiger partial charge in [0.2, 0.25) is 0 Å². The van der Waals surface area contributed by atoms with Crippen LogP contribution in [0.25, 0.3) is 0 Å². The molecule has 0 amide bonds. The molecule has 2 unspecified atom stereocenters. The Labute approximate surface area is 136 Å². The van der Waals surface area contributed by atoms with Crippen LogP contribution in [0.3, 0.4) is 0 Å². The Bertz CT molecular complexity index is 316. The zero-order valence-electron chi connectivity index (χ0n) is 15.6. The van der Waals surface area contributed by atoms with Crippen LogP contribution in [0.5, 0.6) is 0 Å². The summed E-state index contributed by atoms with van der Waals surface area (Å²) in [4.78, 5) is 0. The monoisotopic (exact) mass is 316 g/mol. The highest BCUT2D eigenvalue weighted by atomic mass is 16.8. The SMILES string of the molecule is CCC(C)OC(O)(OC(C)CC)C1(OC(C)(C)C)CCCC1. The summed E-state index contributed by atoms with van der Waals surface area (Å²) in [7, 11) is 0. The summed E-state index contributed by atoms with van der Waals surface area (Å²) >= 11 is 0. The van der Waals surface area contributed by atoms with Crippen molar-refractivity contribution in [2.24, 2.45) is 0 Å². The van der Waals surface area contributed by atoms with Crippen LogP contribution in [0.1, 0.15) is 87.0 Å². The van der Waals surface area contributed by atoms with Crippen LogP contribution < -0.4 is 0 Å². The van der Waals surface area contributed by atoms with Crippen molar-refractivity contribution in [1.29, 1.82) is 0 Å². The molecule has 1 saturated carbocycles. The van der Waals surface area contributed by atoms with Crippen molar-refractivity contribution in [3.8, 4) is 0 Å². The number of hydrogen-bond donors (Lipinski definition) is 1. The molecule has 0 aliphatic heterocycles. The molecule has 4 nitrogen and oxygen atoms in total. The largest absolute Gasteiger partial charge is 0.361 e. The van der Waals surface area contributed by atoms with E-state index in [1.807, 2.05) is 48.5 Å². The van der Waals surface area contributed by atoms with E-state index in [2.05, 4.69) is 0 Å². The Morgan fingerprint density at radius 1 is 0.955 bits per heavy atom. The van der Waals surface area contributed by atoms with Gasteiger partial charge >= 0.3 is 5.97 Å². The van der Waals surface area contributed by atoms with Gasteiger partial charge in [0.25, 0.3) is 0 Å². The van der Waals surface area contributed by atoms with Crippen LogP contribution in [0.15, 0.2) is 0 Å². The molecule has 22 heavy (non-hydrogen) atoms. The van der Waals surface area contributed by atoms with Gasteiger partial charge in [-0.3, -0.25) is 0 Å². The van der Waals surface area contributed by atoms with Gasteiger partial charge < -0.3 is 19.3 Å². The normalized spacial score (nSPS) is 24.0. The van der Waals surface area contributed by atoms with Crippen LogP contribution in [0.4, 0.5) is 0 Å². The standard InChI is InChI=1S/C18H36O4/c1-8-14(3)20-18(19,21-15(4)9-2)17(12-10-11-13-17)22-16(5,6)7/h14-15,19H,8-13H2,1-7H3. The first-order valence-corrected chi connectivity index (χ1v) is 8.85. The maximum absolute atomic E-state index is 11.4. The fraction of sp³-hybridized carbons (Fsp3) is 1.00. The molecule has 0 spiro atoms. The topological polar surface area (TPSA) is 47.9 Å². The zero-order chi connectivity index (χ0) is 17.0. The highest BCUT2D eigenvalue weighted by molar-refractivity contribution is 4.97.